The van der Waals surface area contributed by atoms with Crippen LogP contribution in [0.15, 0.2) is 78.9 Å². The number of anilines is 6. The fraction of sp³-hybridized carbons (Fsp3) is 0.467. The Bertz CT molecular complexity index is 2960. The predicted octanol–water partition coefficient (Wildman–Crippen LogP) is 15.2. The fourth-order valence-electron chi connectivity index (χ4n) is 13.1. The molecular weight excluding hydrogens is 792 g/mol. The number of aryl methyl sites for hydroxylation is 1. The van der Waals surface area contributed by atoms with E-state index in [4.69, 9.17) is 0 Å². The molecule has 6 aromatic rings. The second-order valence-corrected chi connectivity index (χ2v) is 27.2. The Morgan fingerprint density at radius 1 is 0.516 bits per heavy atom. The van der Waals surface area contributed by atoms with Gasteiger partial charge in [-0.3, -0.25) is 0 Å². The quantitative estimate of drug-likeness (QED) is 0.160. The third-order valence-electron chi connectivity index (χ3n) is 17.1. The molecule has 64 heavy (non-hydrogen) atoms. The van der Waals surface area contributed by atoms with E-state index >= 15 is 0 Å². The minimum Gasteiger partial charge on any atom is -0.311 e. The highest BCUT2D eigenvalue weighted by Gasteiger charge is 2.54. The molecule has 3 aliphatic carbocycles. The van der Waals surface area contributed by atoms with Gasteiger partial charge in [-0.25, -0.2) is 0 Å². The van der Waals surface area contributed by atoms with Crippen LogP contribution in [0.4, 0.5) is 34.1 Å². The molecule has 4 heteroatoms. The molecule has 1 saturated carbocycles. The lowest BCUT2D eigenvalue weighted by atomic mass is 9.36. The van der Waals surface area contributed by atoms with Crippen molar-refractivity contribution >= 4 is 78.0 Å². The zero-order valence-electron chi connectivity index (χ0n) is 41.9. The summed E-state index contributed by atoms with van der Waals surface area (Å²) in [5, 5.41) is 1.44. The Kier molecular flexibility index (Phi) is 8.60. The van der Waals surface area contributed by atoms with Crippen molar-refractivity contribution in [3.63, 3.8) is 0 Å². The normalized spacial score (nSPS) is 22.7. The van der Waals surface area contributed by atoms with E-state index in [2.05, 4.69) is 211 Å². The number of fused-ring (bicyclic) bond motifs is 12. The molecule has 2 unspecified atom stereocenters. The van der Waals surface area contributed by atoms with Gasteiger partial charge in [-0.1, -0.05) is 128 Å². The van der Waals surface area contributed by atoms with Crippen molar-refractivity contribution < 1.29 is 0 Å². The van der Waals surface area contributed by atoms with Crippen molar-refractivity contribution in [1.29, 1.82) is 0 Å². The van der Waals surface area contributed by atoms with Gasteiger partial charge in [-0.05, 0) is 187 Å². The summed E-state index contributed by atoms with van der Waals surface area (Å²) < 4.78 is 2.93. The van der Waals surface area contributed by atoms with E-state index in [-0.39, 0.29) is 44.6 Å². The van der Waals surface area contributed by atoms with Crippen molar-refractivity contribution in [3.05, 3.63) is 123 Å². The molecule has 5 aliphatic rings. The van der Waals surface area contributed by atoms with Crippen LogP contribution in [0.5, 0.6) is 0 Å². The van der Waals surface area contributed by atoms with E-state index in [1.807, 2.05) is 0 Å². The van der Waals surface area contributed by atoms with Gasteiger partial charge in [-0.15, -0.1) is 11.3 Å². The van der Waals surface area contributed by atoms with Gasteiger partial charge >= 0.3 is 0 Å². The van der Waals surface area contributed by atoms with Gasteiger partial charge in [0.2, 0.25) is 0 Å². The first-order chi connectivity index (χ1) is 29.7. The molecule has 11 rings (SSSR count). The second kappa shape index (κ2) is 13.0. The maximum atomic E-state index is 2.75. The summed E-state index contributed by atoms with van der Waals surface area (Å²) in [7, 11) is 0. The number of benzene rings is 5. The first-order valence-corrected chi connectivity index (χ1v) is 25.3. The van der Waals surface area contributed by atoms with E-state index < -0.39 is 0 Å². The average Bonchev–Trinajstić information content (AvgIpc) is 3.81. The summed E-state index contributed by atoms with van der Waals surface area (Å²) >= 11 is 2.09. The second-order valence-electron chi connectivity index (χ2n) is 26.1. The zero-order valence-corrected chi connectivity index (χ0v) is 42.7. The monoisotopic (exact) mass is 863 g/mol. The molecule has 1 fully saturated rings. The van der Waals surface area contributed by atoms with Crippen molar-refractivity contribution in [2.24, 2.45) is 0 Å². The van der Waals surface area contributed by atoms with Gasteiger partial charge in [-0.2, -0.15) is 0 Å². The van der Waals surface area contributed by atoms with Crippen LogP contribution in [0, 0.1) is 6.92 Å². The summed E-state index contributed by atoms with van der Waals surface area (Å²) in [5.74, 6) is 0. The lowest BCUT2D eigenvalue weighted by molar-refractivity contribution is 0.332. The average molecular weight is 863 g/mol. The highest BCUT2D eigenvalue weighted by Crippen LogP contribution is 2.62. The number of rotatable bonds is 2. The molecule has 330 valence electrons. The summed E-state index contributed by atoms with van der Waals surface area (Å²) in [4.78, 5) is 5.42. The van der Waals surface area contributed by atoms with Gasteiger partial charge in [0.25, 0.3) is 6.71 Å². The highest BCUT2D eigenvalue weighted by atomic mass is 32.1. The third kappa shape index (κ3) is 6.02. The van der Waals surface area contributed by atoms with Crippen molar-refractivity contribution in [2.45, 2.75) is 181 Å². The summed E-state index contributed by atoms with van der Waals surface area (Å²) in [5.41, 5.74) is 23.2. The Morgan fingerprint density at radius 3 is 1.70 bits per heavy atom. The molecule has 0 radical (unpaired) electrons. The molecule has 0 amide bonds. The van der Waals surface area contributed by atoms with Crippen LogP contribution in [0.1, 0.15) is 180 Å². The first kappa shape index (κ1) is 42.4. The lowest BCUT2D eigenvalue weighted by Gasteiger charge is -2.45. The standard InChI is InChI=1S/C60H71BN2S/c1-35-25-48-51-49(26-35)63(39-18-19-42-43(31-39)58(13,14)22-21-57(42,11)12)52-41-32-44-45(60(16)24-23-59(44,15)34-60)33-50(41)64-53(52)61(51)46-30-36(54(2,3)4)17-20-47(46)62(48)40-28-37(55(5,6)7)27-38(29-40)56(8,9)10/h17-20,25-33H,21-24,34H2,1-16H3. The SMILES string of the molecule is Cc1cc2c3c(c1)N(c1ccc4c(c1)C(C)(C)CCC4(C)C)c1c(sc4cc5c(cc14)C1(C)CCC5(C)C1)B3c1cc(C(C)(C)C)ccc1N2c1cc(C(C)(C)C)cc(C(C)(C)C)c1. The van der Waals surface area contributed by atoms with Crippen LogP contribution in [-0.4, -0.2) is 6.71 Å². The Balaban J connectivity index is 1.26. The van der Waals surface area contributed by atoms with Crippen LogP contribution in [0.2, 0.25) is 0 Å². The van der Waals surface area contributed by atoms with Crippen LogP contribution in [0.25, 0.3) is 10.1 Å². The Morgan fingerprint density at radius 2 is 1.09 bits per heavy atom. The van der Waals surface area contributed by atoms with Gasteiger partial charge in [0.15, 0.2) is 0 Å². The number of hydrogen-bond donors (Lipinski definition) is 0. The first-order valence-electron chi connectivity index (χ1n) is 24.5. The molecule has 2 bridgehead atoms. The Hall–Kier alpha value is -4.28. The number of hydrogen-bond acceptors (Lipinski definition) is 3. The van der Waals surface area contributed by atoms with E-state index in [1.54, 1.807) is 11.1 Å². The molecule has 0 N–H and O–H groups in total. The maximum Gasteiger partial charge on any atom is 0.264 e. The third-order valence-corrected chi connectivity index (χ3v) is 18.3. The molecule has 2 atom stereocenters. The van der Waals surface area contributed by atoms with E-state index in [1.165, 1.54) is 125 Å². The molecule has 2 aliphatic heterocycles. The molecule has 1 aromatic heterocycles. The molecule has 0 spiro atoms. The zero-order chi connectivity index (χ0) is 45.6. The van der Waals surface area contributed by atoms with Gasteiger partial charge in [0.05, 0.1) is 5.69 Å². The summed E-state index contributed by atoms with van der Waals surface area (Å²) in [6.45, 7) is 38.8. The molecular formula is C60H71BN2S. The van der Waals surface area contributed by atoms with Gasteiger partial charge in [0.1, 0.15) is 0 Å². The van der Waals surface area contributed by atoms with Crippen LogP contribution in [0.3, 0.4) is 0 Å². The van der Waals surface area contributed by atoms with E-state index in [9.17, 15) is 0 Å². The topological polar surface area (TPSA) is 6.48 Å². The Labute approximate surface area is 390 Å². The fourth-order valence-corrected chi connectivity index (χ4v) is 14.4. The van der Waals surface area contributed by atoms with Crippen LogP contribution < -0.4 is 25.5 Å². The van der Waals surface area contributed by atoms with Gasteiger partial charge < -0.3 is 9.80 Å². The van der Waals surface area contributed by atoms with Crippen LogP contribution >= 0.6 is 11.3 Å². The smallest absolute Gasteiger partial charge is 0.264 e. The maximum absolute atomic E-state index is 2.75. The van der Waals surface area contributed by atoms with Crippen molar-refractivity contribution in [1.82, 2.24) is 0 Å². The number of nitrogens with zero attached hydrogens (tertiary/aromatic N) is 2. The molecule has 2 nitrogen and oxygen atoms in total. The minimum atomic E-state index is -0.00918. The van der Waals surface area contributed by atoms with E-state index in [0.717, 1.165) is 0 Å². The highest BCUT2D eigenvalue weighted by molar-refractivity contribution is 7.33. The predicted molar refractivity (Wildman–Crippen MR) is 281 cm³/mol. The van der Waals surface area contributed by atoms with Gasteiger partial charge in [0, 0.05) is 43.3 Å². The van der Waals surface area contributed by atoms with Crippen molar-refractivity contribution in [3.8, 4) is 0 Å². The molecule has 5 aromatic carbocycles. The summed E-state index contributed by atoms with van der Waals surface area (Å²) in [6.07, 6.45) is 6.26. The molecule has 3 heterocycles. The largest absolute Gasteiger partial charge is 0.311 e. The van der Waals surface area contributed by atoms with Crippen molar-refractivity contribution in [2.75, 3.05) is 9.80 Å². The van der Waals surface area contributed by atoms with Crippen LogP contribution in [-0.2, 0) is 37.9 Å². The summed E-state index contributed by atoms with van der Waals surface area (Å²) in [6, 6.07) is 33.0. The number of thiophene rings is 1. The minimum absolute atomic E-state index is 0.000174. The van der Waals surface area contributed by atoms with E-state index in [0.29, 0.717) is 0 Å². The molecule has 0 saturated heterocycles. The lowest BCUT2D eigenvalue weighted by Crippen LogP contribution is -2.60.